The zero-order valence-electron chi connectivity index (χ0n) is 23.0. The summed E-state index contributed by atoms with van der Waals surface area (Å²) in [7, 11) is 1.51. The molecule has 0 unspecified atom stereocenters. The molecule has 0 saturated heterocycles. The van der Waals surface area contributed by atoms with Crippen LogP contribution in [0.15, 0.2) is 53.5 Å². The molecule has 3 amide bonds. The number of benzodiazepines with no additional fused rings is 1. The van der Waals surface area contributed by atoms with Crippen molar-refractivity contribution < 1.29 is 45.5 Å². The van der Waals surface area contributed by atoms with Gasteiger partial charge in [-0.25, -0.2) is 4.99 Å². The normalized spacial score (nSPS) is 16.7. The van der Waals surface area contributed by atoms with Gasteiger partial charge in [0.05, 0.1) is 23.7 Å². The molecule has 0 spiro atoms. The van der Waals surface area contributed by atoms with E-state index < -0.39 is 73.8 Å². The van der Waals surface area contributed by atoms with Gasteiger partial charge in [0.25, 0.3) is 5.91 Å². The average molecular weight is 616 g/mol. The molecule has 5 N–H and O–H groups in total. The van der Waals surface area contributed by atoms with Gasteiger partial charge in [0.1, 0.15) is 0 Å². The standard InChI is InChI=1S/C28H31F6N5O4/c1-43-15-14-36-20-9-5-8-19-21(16-6-3-2-4-7-16)37-24(26(42)38-22(19)20)39-25(41)18(11-13-28(32,33)34)17(23(35)40)10-12-27(29,30)31/h2-9,17-18,24,36H,10-15H2,1H3,(H2,35,40)(H,38,42)(H,39,41)/t17-,18+,24-/m1/s1. The molecular weight excluding hydrogens is 584 g/mol. The Labute approximate surface area is 243 Å². The number of hydrogen-bond acceptors (Lipinski definition) is 6. The van der Waals surface area contributed by atoms with E-state index >= 15 is 0 Å². The number of aliphatic imine (C=N–C) groups is 1. The van der Waals surface area contributed by atoms with Crippen LogP contribution in [0, 0.1) is 11.8 Å². The second-order valence-electron chi connectivity index (χ2n) is 9.81. The first-order valence-electron chi connectivity index (χ1n) is 13.2. The largest absolute Gasteiger partial charge is 0.389 e. The van der Waals surface area contributed by atoms with E-state index in [2.05, 4.69) is 20.9 Å². The van der Waals surface area contributed by atoms with Crippen molar-refractivity contribution in [2.75, 3.05) is 30.9 Å². The number of ether oxygens (including phenoxy) is 1. The van der Waals surface area contributed by atoms with Gasteiger partial charge in [0.15, 0.2) is 0 Å². The highest BCUT2D eigenvalue weighted by atomic mass is 19.4. The van der Waals surface area contributed by atoms with Crippen LogP contribution >= 0.6 is 0 Å². The average Bonchev–Trinajstić information content (AvgIpc) is 3.06. The van der Waals surface area contributed by atoms with Crippen molar-refractivity contribution in [1.82, 2.24) is 5.32 Å². The number of fused-ring (bicyclic) bond motifs is 1. The third-order valence-corrected chi connectivity index (χ3v) is 6.69. The molecule has 2 aromatic carbocycles. The van der Waals surface area contributed by atoms with Crippen LogP contribution in [0.1, 0.15) is 36.8 Å². The molecule has 15 heteroatoms. The Bertz CT molecular complexity index is 1320. The highest BCUT2D eigenvalue weighted by Gasteiger charge is 2.40. The van der Waals surface area contributed by atoms with Crippen molar-refractivity contribution >= 4 is 34.8 Å². The third-order valence-electron chi connectivity index (χ3n) is 6.69. The maximum Gasteiger partial charge on any atom is 0.389 e. The van der Waals surface area contributed by atoms with Gasteiger partial charge >= 0.3 is 12.4 Å². The zero-order valence-corrected chi connectivity index (χ0v) is 23.0. The van der Waals surface area contributed by atoms with Gasteiger partial charge in [-0.2, -0.15) is 26.3 Å². The minimum Gasteiger partial charge on any atom is -0.383 e. The molecule has 1 heterocycles. The van der Waals surface area contributed by atoms with E-state index in [0.717, 1.165) is 0 Å². The van der Waals surface area contributed by atoms with Gasteiger partial charge in [-0.3, -0.25) is 14.4 Å². The van der Waals surface area contributed by atoms with E-state index in [1.165, 1.54) is 7.11 Å². The van der Waals surface area contributed by atoms with Crippen LogP contribution in [0.3, 0.4) is 0 Å². The molecule has 0 aromatic heterocycles. The van der Waals surface area contributed by atoms with Crippen LogP contribution in [0.4, 0.5) is 37.7 Å². The van der Waals surface area contributed by atoms with Crippen LogP contribution in [0.5, 0.6) is 0 Å². The van der Waals surface area contributed by atoms with Crippen molar-refractivity contribution in [3.8, 4) is 0 Å². The number of alkyl halides is 6. The summed E-state index contributed by atoms with van der Waals surface area (Å²) in [5.41, 5.74) is 7.27. The molecule has 43 heavy (non-hydrogen) atoms. The molecular formula is C28H31F6N5O4. The summed E-state index contributed by atoms with van der Waals surface area (Å²) < 4.78 is 83.2. The topological polar surface area (TPSA) is 135 Å². The van der Waals surface area contributed by atoms with Crippen molar-refractivity contribution in [3.05, 3.63) is 59.7 Å². The molecule has 0 aliphatic carbocycles. The second kappa shape index (κ2) is 14.4. The predicted molar refractivity (Wildman–Crippen MR) is 146 cm³/mol. The Morgan fingerprint density at radius 3 is 2.19 bits per heavy atom. The number of anilines is 2. The number of methoxy groups -OCH3 is 1. The number of nitrogens with one attached hydrogen (secondary N) is 3. The predicted octanol–water partition coefficient (Wildman–Crippen LogP) is 4.38. The molecule has 234 valence electrons. The molecule has 3 rings (SSSR count). The van der Waals surface area contributed by atoms with E-state index in [1.807, 2.05) is 0 Å². The van der Waals surface area contributed by atoms with Gasteiger partial charge in [-0.1, -0.05) is 42.5 Å². The van der Waals surface area contributed by atoms with E-state index in [4.69, 9.17) is 10.5 Å². The number of para-hydroxylation sites is 1. The van der Waals surface area contributed by atoms with Gasteiger partial charge < -0.3 is 26.4 Å². The lowest BCUT2D eigenvalue weighted by molar-refractivity contribution is -0.152. The molecule has 1 aliphatic rings. The summed E-state index contributed by atoms with van der Waals surface area (Å²) in [4.78, 5) is 43.3. The fourth-order valence-electron chi connectivity index (χ4n) is 4.63. The molecule has 2 aromatic rings. The molecule has 0 bridgehead atoms. The number of hydrogen-bond donors (Lipinski definition) is 4. The second-order valence-corrected chi connectivity index (χ2v) is 9.81. The summed E-state index contributed by atoms with van der Waals surface area (Å²) in [5, 5.41) is 8.04. The minimum atomic E-state index is -4.78. The number of nitrogens with two attached hydrogens (primary N) is 1. The first kappa shape index (κ1) is 33.4. The lowest BCUT2D eigenvalue weighted by atomic mass is 9.83. The van der Waals surface area contributed by atoms with Crippen LogP contribution in [0.2, 0.25) is 0 Å². The highest BCUT2D eigenvalue weighted by Crippen LogP contribution is 2.34. The summed E-state index contributed by atoms with van der Waals surface area (Å²) in [6, 6.07) is 13.6. The quantitative estimate of drug-likeness (QED) is 0.196. The van der Waals surface area contributed by atoms with Crippen molar-refractivity contribution in [1.29, 1.82) is 0 Å². The van der Waals surface area contributed by atoms with Crippen LogP contribution < -0.4 is 21.7 Å². The smallest absolute Gasteiger partial charge is 0.383 e. The third kappa shape index (κ3) is 9.70. The van der Waals surface area contributed by atoms with E-state index in [9.17, 15) is 40.7 Å². The Balaban J connectivity index is 2.01. The molecule has 3 atom stereocenters. The number of carbonyl (C=O) groups excluding carboxylic acids is 3. The first-order valence-corrected chi connectivity index (χ1v) is 13.2. The number of nitrogens with zero attached hydrogens (tertiary/aromatic N) is 1. The van der Waals surface area contributed by atoms with Crippen molar-refractivity contribution in [2.24, 2.45) is 22.6 Å². The number of carbonyl (C=O) groups is 3. The Kier molecular flexibility index (Phi) is 11.1. The number of primary amides is 1. The number of benzene rings is 2. The Morgan fingerprint density at radius 2 is 1.60 bits per heavy atom. The molecule has 0 fully saturated rings. The van der Waals surface area contributed by atoms with Crippen LogP contribution in [0.25, 0.3) is 0 Å². The lowest BCUT2D eigenvalue weighted by Gasteiger charge is -2.26. The monoisotopic (exact) mass is 615 g/mol. The SMILES string of the molecule is COCCNc1cccc2c1NC(=O)[C@@H](NC(=O)[C@@H](CCC(F)(F)F)[C@@H](CCC(F)(F)F)C(N)=O)N=C2c1ccccc1. The van der Waals surface area contributed by atoms with Gasteiger partial charge in [0.2, 0.25) is 18.0 Å². The van der Waals surface area contributed by atoms with Gasteiger partial charge in [-0.05, 0) is 18.9 Å². The van der Waals surface area contributed by atoms with Gasteiger partial charge in [0, 0.05) is 49.5 Å². The van der Waals surface area contributed by atoms with Crippen LogP contribution in [-0.4, -0.2) is 62.2 Å². The zero-order chi connectivity index (χ0) is 31.8. The van der Waals surface area contributed by atoms with E-state index in [-0.39, 0.29) is 5.71 Å². The number of halogens is 6. The van der Waals surface area contributed by atoms with Gasteiger partial charge in [-0.15, -0.1) is 0 Å². The Hall–Kier alpha value is -4.14. The fraction of sp³-hybridized carbons (Fsp3) is 0.429. The molecule has 0 saturated carbocycles. The molecule has 9 nitrogen and oxygen atoms in total. The summed E-state index contributed by atoms with van der Waals surface area (Å²) >= 11 is 0. The highest BCUT2D eigenvalue weighted by molar-refractivity contribution is 6.21. The molecule has 0 radical (unpaired) electrons. The van der Waals surface area contributed by atoms with Crippen molar-refractivity contribution in [2.45, 2.75) is 44.2 Å². The summed E-state index contributed by atoms with van der Waals surface area (Å²) in [5.74, 6) is -7.31. The molecule has 1 aliphatic heterocycles. The first-order chi connectivity index (χ1) is 20.2. The maximum atomic E-state index is 13.4. The fourth-order valence-corrected chi connectivity index (χ4v) is 4.63. The Morgan fingerprint density at radius 1 is 0.977 bits per heavy atom. The lowest BCUT2D eigenvalue weighted by Crippen LogP contribution is -2.48. The maximum absolute atomic E-state index is 13.4. The summed E-state index contributed by atoms with van der Waals surface area (Å²) in [6.07, 6.45) is -16.4. The number of amides is 3. The van der Waals surface area contributed by atoms with E-state index in [1.54, 1.807) is 48.5 Å². The summed E-state index contributed by atoms with van der Waals surface area (Å²) in [6.45, 7) is 0.707. The van der Waals surface area contributed by atoms with Crippen molar-refractivity contribution in [3.63, 3.8) is 0 Å². The minimum absolute atomic E-state index is 0.241. The number of rotatable bonds is 13. The van der Waals surface area contributed by atoms with E-state index in [0.29, 0.717) is 35.7 Å². The van der Waals surface area contributed by atoms with Crippen LogP contribution in [-0.2, 0) is 19.1 Å².